The Kier molecular flexibility index (Phi) is 6.72. The van der Waals surface area contributed by atoms with Crippen molar-refractivity contribution in [2.45, 2.75) is 38.6 Å². The lowest BCUT2D eigenvalue weighted by atomic mass is 9.87. The average Bonchev–Trinajstić information content (AvgIpc) is 3.33. The second kappa shape index (κ2) is 9.07. The maximum Gasteiger partial charge on any atom is 0.254 e. The summed E-state index contributed by atoms with van der Waals surface area (Å²) in [4.78, 5) is 19.1. The molecule has 3 heterocycles. The third-order valence-electron chi connectivity index (χ3n) is 5.36. The second-order valence-electron chi connectivity index (χ2n) is 7.38. The van der Waals surface area contributed by atoms with Gasteiger partial charge in [-0.2, -0.15) is 5.10 Å². The van der Waals surface area contributed by atoms with Crippen LogP contribution in [0, 0.1) is 13.8 Å². The lowest BCUT2D eigenvalue weighted by Crippen LogP contribution is -2.52. The highest BCUT2D eigenvalue weighted by atomic mass is 35.5. The predicted octanol–water partition coefficient (Wildman–Crippen LogP) is 3.69. The minimum Gasteiger partial charge on any atom is -0.317 e. The maximum atomic E-state index is 13.3. The maximum absolute atomic E-state index is 13.3. The first-order valence-electron chi connectivity index (χ1n) is 9.61. The first-order valence-corrected chi connectivity index (χ1v) is 10.4. The van der Waals surface area contributed by atoms with Crippen LogP contribution in [-0.4, -0.2) is 33.8 Å². The van der Waals surface area contributed by atoms with E-state index in [0.717, 1.165) is 25.2 Å². The van der Waals surface area contributed by atoms with Crippen molar-refractivity contribution in [1.82, 2.24) is 20.1 Å². The minimum atomic E-state index is -0.662. The summed E-state index contributed by atoms with van der Waals surface area (Å²) in [7, 11) is 0. The molecule has 1 saturated heterocycles. The van der Waals surface area contributed by atoms with Crippen LogP contribution >= 0.6 is 23.7 Å². The van der Waals surface area contributed by atoms with Crippen molar-refractivity contribution in [3.8, 4) is 0 Å². The molecule has 0 bridgehead atoms. The molecule has 1 fully saturated rings. The number of carbonyl (C=O) groups excluding carboxylic acids is 1. The van der Waals surface area contributed by atoms with Gasteiger partial charge in [-0.25, -0.2) is 4.98 Å². The Morgan fingerprint density at radius 1 is 1.28 bits per heavy atom. The van der Waals surface area contributed by atoms with Crippen LogP contribution in [0.3, 0.4) is 0 Å². The number of carbonyl (C=O) groups is 1. The zero-order chi connectivity index (χ0) is 19.6. The van der Waals surface area contributed by atoms with Gasteiger partial charge in [-0.3, -0.25) is 14.8 Å². The molecule has 154 valence electrons. The van der Waals surface area contributed by atoms with E-state index in [1.54, 1.807) is 22.2 Å². The number of amides is 1. The lowest BCUT2D eigenvalue weighted by molar-refractivity contribution is -0.126. The third-order valence-corrected chi connectivity index (χ3v) is 6.43. The summed E-state index contributed by atoms with van der Waals surface area (Å²) in [5.74, 6) is -0.0337. The van der Waals surface area contributed by atoms with Crippen LogP contribution in [-0.2, 0) is 16.8 Å². The van der Waals surface area contributed by atoms with E-state index in [9.17, 15) is 4.79 Å². The van der Waals surface area contributed by atoms with Crippen molar-refractivity contribution in [2.75, 3.05) is 18.4 Å². The van der Waals surface area contributed by atoms with Gasteiger partial charge in [0.2, 0.25) is 0 Å². The standard InChI is InChI=1S/C21H25N5OS.ClH/c1-15-5-3-6-17(13-15)14-18-16(2)24-20(28-18)25-19(27)21(7-10-22-11-8-21)26-12-4-9-23-26;/h3-6,9,12-13,22H,7-8,10-11,14H2,1-2H3,(H,24,25,27);1H. The van der Waals surface area contributed by atoms with Crippen LogP contribution in [0.5, 0.6) is 0 Å². The van der Waals surface area contributed by atoms with E-state index in [2.05, 4.69) is 51.9 Å². The van der Waals surface area contributed by atoms with Crippen molar-refractivity contribution in [2.24, 2.45) is 0 Å². The molecule has 3 aromatic rings. The number of anilines is 1. The van der Waals surface area contributed by atoms with Gasteiger partial charge < -0.3 is 5.32 Å². The Morgan fingerprint density at radius 2 is 2.07 bits per heavy atom. The highest BCUT2D eigenvalue weighted by Gasteiger charge is 2.42. The lowest BCUT2D eigenvalue weighted by Gasteiger charge is -2.36. The Balaban J connectivity index is 0.00000240. The smallest absolute Gasteiger partial charge is 0.254 e. The van der Waals surface area contributed by atoms with Gasteiger partial charge in [0.05, 0.1) is 5.69 Å². The van der Waals surface area contributed by atoms with Gasteiger partial charge in [0.15, 0.2) is 5.13 Å². The van der Waals surface area contributed by atoms with E-state index < -0.39 is 5.54 Å². The van der Waals surface area contributed by atoms with Crippen LogP contribution in [0.2, 0.25) is 0 Å². The number of hydrogen-bond acceptors (Lipinski definition) is 5. The second-order valence-corrected chi connectivity index (χ2v) is 8.46. The molecule has 0 spiro atoms. The van der Waals surface area contributed by atoms with Gasteiger partial charge in [-0.15, -0.1) is 23.7 Å². The molecular weight excluding hydrogens is 406 g/mol. The fourth-order valence-electron chi connectivity index (χ4n) is 3.79. The van der Waals surface area contributed by atoms with Crippen LogP contribution in [0.1, 0.15) is 34.5 Å². The fourth-order valence-corrected chi connectivity index (χ4v) is 4.78. The minimum absolute atomic E-state index is 0. The van der Waals surface area contributed by atoms with Gasteiger partial charge in [-0.1, -0.05) is 29.8 Å². The van der Waals surface area contributed by atoms with Crippen molar-refractivity contribution in [3.05, 3.63) is 64.4 Å². The number of nitrogens with zero attached hydrogens (tertiary/aromatic N) is 3. The summed E-state index contributed by atoms with van der Waals surface area (Å²) in [6.07, 6.45) is 5.85. The molecule has 4 rings (SSSR count). The molecule has 2 aromatic heterocycles. The van der Waals surface area contributed by atoms with Crippen LogP contribution in [0.15, 0.2) is 42.7 Å². The summed E-state index contributed by atoms with van der Waals surface area (Å²) >= 11 is 1.56. The zero-order valence-corrected chi connectivity index (χ0v) is 18.3. The number of nitrogens with one attached hydrogen (secondary N) is 2. The van der Waals surface area contributed by atoms with Crippen LogP contribution in [0.25, 0.3) is 0 Å². The van der Waals surface area contributed by atoms with Crippen molar-refractivity contribution in [1.29, 1.82) is 0 Å². The van der Waals surface area contributed by atoms with E-state index in [1.807, 2.05) is 19.2 Å². The Morgan fingerprint density at radius 3 is 2.76 bits per heavy atom. The highest BCUT2D eigenvalue weighted by molar-refractivity contribution is 7.15. The average molecular weight is 432 g/mol. The molecule has 6 nitrogen and oxygen atoms in total. The van der Waals surface area contributed by atoms with Gasteiger partial charge >= 0.3 is 0 Å². The van der Waals surface area contributed by atoms with Gasteiger partial charge in [0, 0.05) is 23.7 Å². The number of benzene rings is 1. The fraction of sp³-hybridized carbons (Fsp3) is 0.381. The number of halogens is 1. The summed E-state index contributed by atoms with van der Waals surface area (Å²) in [5, 5.41) is 11.4. The summed E-state index contributed by atoms with van der Waals surface area (Å²) in [6, 6.07) is 10.4. The van der Waals surface area contributed by atoms with E-state index in [0.29, 0.717) is 18.0 Å². The summed E-state index contributed by atoms with van der Waals surface area (Å²) < 4.78 is 1.80. The SMILES string of the molecule is Cc1cccc(Cc2sc(NC(=O)C3(n4cccn4)CCNCC3)nc2C)c1.Cl. The van der Waals surface area contributed by atoms with Gasteiger partial charge in [0.1, 0.15) is 5.54 Å². The van der Waals surface area contributed by atoms with Crippen molar-refractivity contribution < 1.29 is 4.79 Å². The molecule has 0 unspecified atom stereocenters. The van der Waals surface area contributed by atoms with Crippen LogP contribution in [0.4, 0.5) is 5.13 Å². The summed E-state index contributed by atoms with van der Waals surface area (Å²) in [6.45, 7) is 5.69. The molecule has 1 aliphatic heterocycles. The van der Waals surface area contributed by atoms with E-state index >= 15 is 0 Å². The molecule has 2 N–H and O–H groups in total. The first-order chi connectivity index (χ1) is 13.6. The zero-order valence-electron chi connectivity index (χ0n) is 16.6. The van der Waals surface area contributed by atoms with Gasteiger partial charge in [0.25, 0.3) is 5.91 Å². The molecular formula is C21H26ClN5OS. The quantitative estimate of drug-likeness (QED) is 0.646. The van der Waals surface area contributed by atoms with E-state index in [-0.39, 0.29) is 18.3 Å². The number of thiazole rings is 1. The molecule has 0 atom stereocenters. The highest BCUT2D eigenvalue weighted by Crippen LogP contribution is 2.31. The Bertz CT molecular complexity index is 963. The normalized spacial score (nSPS) is 15.5. The van der Waals surface area contributed by atoms with Crippen molar-refractivity contribution in [3.63, 3.8) is 0 Å². The largest absolute Gasteiger partial charge is 0.317 e. The van der Waals surface area contributed by atoms with Crippen LogP contribution < -0.4 is 10.6 Å². The predicted molar refractivity (Wildman–Crippen MR) is 119 cm³/mol. The van der Waals surface area contributed by atoms with Gasteiger partial charge in [-0.05, 0) is 51.4 Å². The molecule has 0 aliphatic carbocycles. The topological polar surface area (TPSA) is 71.8 Å². The summed E-state index contributed by atoms with van der Waals surface area (Å²) in [5.41, 5.74) is 2.82. The molecule has 8 heteroatoms. The molecule has 1 amide bonds. The first kappa shape index (κ1) is 21.5. The third kappa shape index (κ3) is 4.52. The Labute approximate surface area is 181 Å². The Hall–Kier alpha value is -2.22. The number of hydrogen-bond donors (Lipinski definition) is 2. The van der Waals surface area contributed by atoms with E-state index in [1.165, 1.54) is 16.0 Å². The molecule has 1 aliphatic rings. The molecule has 1 aromatic carbocycles. The number of piperidine rings is 1. The molecule has 0 radical (unpaired) electrons. The molecule has 29 heavy (non-hydrogen) atoms. The monoisotopic (exact) mass is 431 g/mol. The number of aromatic nitrogens is 3. The number of rotatable bonds is 5. The van der Waals surface area contributed by atoms with Crippen molar-refractivity contribution >= 4 is 34.8 Å². The molecule has 0 saturated carbocycles. The number of aryl methyl sites for hydroxylation is 2. The van der Waals surface area contributed by atoms with E-state index in [4.69, 9.17) is 0 Å².